The van der Waals surface area contributed by atoms with Gasteiger partial charge in [-0.3, -0.25) is 14.7 Å². The number of nitrogens with zero attached hydrogens (tertiary/aromatic N) is 2. The summed E-state index contributed by atoms with van der Waals surface area (Å²) in [6.45, 7) is 0. The van der Waals surface area contributed by atoms with Crippen molar-refractivity contribution >= 4 is 16.6 Å². The summed E-state index contributed by atoms with van der Waals surface area (Å²) in [7, 11) is 0. The standard InChI is InChI=1S/C14H9FN2O2/c15-14-9-10-3-1-2-4-13(10)16(14)11-5-7-12(8-6-11)17(18)19/h1-9H. The lowest BCUT2D eigenvalue weighted by molar-refractivity contribution is -0.384. The molecule has 94 valence electrons. The van der Waals surface area contributed by atoms with E-state index in [4.69, 9.17) is 0 Å². The normalized spacial score (nSPS) is 10.8. The Morgan fingerprint density at radius 2 is 1.74 bits per heavy atom. The van der Waals surface area contributed by atoms with Crippen LogP contribution >= 0.6 is 0 Å². The molecule has 2 aromatic carbocycles. The molecule has 0 amide bonds. The van der Waals surface area contributed by atoms with Crippen LogP contribution in [-0.2, 0) is 0 Å². The van der Waals surface area contributed by atoms with Crippen LogP contribution in [0, 0.1) is 16.1 Å². The lowest BCUT2D eigenvalue weighted by Gasteiger charge is -2.05. The zero-order valence-corrected chi connectivity index (χ0v) is 9.79. The highest BCUT2D eigenvalue weighted by Gasteiger charge is 2.11. The van der Waals surface area contributed by atoms with Crippen molar-refractivity contribution in [3.05, 3.63) is 70.7 Å². The minimum absolute atomic E-state index is 0.0133. The van der Waals surface area contributed by atoms with Crippen LogP contribution < -0.4 is 0 Å². The van der Waals surface area contributed by atoms with E-state index in [0.717, 1.165) is 10.9 Å². The van der Waals surface area contributed by atoms with Crippen LogP contribution in [0.5, 0.6) is 0 Å². The number of fused-ring (bicyclic) bond motifs is 1. The van der Waals surface area contributed by atoms with E-state index in [1.165, 1.54) is 34.9 Å². The van der Waals surface area contributed by atoms with Crippen LogP contribution in [0.1, 0.15) is 0 Å². The number of halogens is 1. The highest BCUT2D eigenvalue weighted by Crippen LogP contribution is 2.24. The largest absolute Gasteiger partial charge is 0.286 e. The molecular formula is C14H9FN2O2. The molecule has 0 fully saturated rings. The predicted molar refractivity (Wildman–Crippen MR) is 69.9 cm³/mol. The number of para-hydroxylation sites is 1. The van der Waals surface area contributed by atoms with Gasteiger partial charge in [-0.2, -0.15) is 4.39 Å². The van der Waals surface area contributed by atoms with E-state index in [0.29, 0.717) is 5.69 Å². The summed E-state index contributed by atoms with van der Waals surface area (Å²) >= 11 is 0. The van der Waals surface area contributed by atoms with Gasteiger partial charge >= 0.3 is 0 Å². The summed E-state index contributed by atoms with van der Waals surface area (Å²) in [4.78, 5) is 10.1. The van der Waals surface area contributed by atoms with Crippen molar-refractivity contribution in [1.82, 2.24) is 4.57 Å². The summed E-state index contributed by atoms with van der Waals surface area (Å²) in [6, 6.07) is 14.5. The van der Waals surface area contributed by atoms with Crippen LogP contribution in [0.3, 0.4) is 0 Å². The first-order valence-corrected chi connectivity index (χ1v) is 5.67. The number of rotatable bonds is 2. The summed E-state index contributed by atoms with van der Waals surface area (Å²) in [5.74, 6) is -0.393. The summed E-state index contributed by atoms with van der Waals surface area (Å²) in [6.07, 6.45) is 0. The van der Waals surface area contributed by atoms with E-state index < -0.39 is 10.9 Å². The van der Waals surface area contributed by atoms with E-state index in [2.05, 4.69) is 0 Å². The fourth-order valence-electron chi connectivity index (χ4n) is 2.11. The number of nitro benzene ring substituents is 1. The van der Waals surface area contributed by atoms with Crippen molar-refractivity contribution in [2.75, 3.05) is 0 Å². The molecule has 0 N–H and O–H groups in total. The van der Waals surface area contributed by atoms with Crippen molar-refractivity contribution in [1.29, 1.82) is 0 Å². The molecule has 0 atom stereocenters. The quantitative estimate of drug-likeness (QED) is 0.518. The van der Waals surface area contributed by atoms with Gasteiger partial charge in [-0.25, -0.2) is 0 Å². The first-order valence-electron chi connectivity index (χ1n) is 5.67. The molecule has 0 bridgehead atoms. The maximum Gasteiger partial charge on any atom is 0.269 e. The SMILES string of the molecule is O=[N+]([O-])c1ccc(-n2c(F)cc3ccccc32)cc1. The fraction of sp³-hybridized carbons (Fsp3) is 0. The van der Waals surface area contributed by atoms with E-state index >= 15 is 0 Å². The third kappa shape index (κ3) is 1.85. The van der Waals surface area contributed by atoms with Gasteiger partial charge in [-0.1, -0.05) is 18.2 Å². The van der Waals surface area contributed by atoms with Crippen LogP contribution in [-0.4, -0.2) is 9.49 Å². The van der Waals surface area contributed by atoms with E-state index in [1.807, 2.05) is 18.2 Å². The molecule has 0 aliphatic rings. The average molecular weight is 256 g/mol. The highest BCUT2D eigenvalue weighted by molar-refractivity contribution is 5.82. The zero-order valence-electron chi connectivity index (χ0n) is 9.79. The Bertz CT molecular complexity index is 763. The van der Waals surface area contributed by atoms with Crippen molar-refractivity contribution in [2.45, 2.75) is 0 Å². The maximum absolute atomic E-state index is 14.0. The molecule has 3 aromatic rings. The van der Waals surface area contributed by atoms with Crippen LogP contribution in [0.25, 0.3) is 16.6 Å². The molecular weight excluding hydrogens is 247 g/mol. The molecule has 0 aliphatic heterocycles. The van der Waals surface area contributed by atoms with E-state index in [1.54, 1.807) is 6.07 Å². The molecule has 19 heavy (non-hydrogen) atoms. The molecule has 0 radical (unpaired) electrons. The molecule has 0 unspecified atom stereocenters. The van der Waals surface area contributed by atoms with Crippen LogP contribution in [0.2, 0.25) is 0 Å². The second-order valence-electron chi connectivity index (χ2n) is 4.13. The third-order valence-electron chi connectivity index (χ3n) is 2.98. The van der Waals surface area contributed by atoms with Gasteiger partial charge in [0.1, 0.15) is 0 Å². The molecule has 0 saturated heterocycles. The topological polar surface area (TPSA) is 48.1 Å². The summed E-state index contributed by atoms with van der Waals surface area (Å²) in [5.41, 5.74) is 1.28. The highest BCUT2D eigenvalue weighted by atomic mass is 19.1. The molecule has 3 rings (SSSR count). The molecule has 5 heteroatoms. The minimum Gasteiger partial charge on any atom is -0.286 e. The van der Waals surface area contributed by atoms with Crippen LogP contribution in [0.4, 0.5) is 10.1 Å². The lowest BCUT2D eigenvalue weighted by Crippen LogP contribution is -1.97. The van der Waals surface area contributed by atoms with Gasteiger partial charge in [0, 0.05) is 29.3 Å². The third-order valence-corrected chi connectivity index (χ3v) is 2.98. The zero-order chi connectivity index (χ0) is 13.4. The number of hydrogen-bond donors (Lipinski definition) is 0. The van der Waals surface area contributed by atoms with Gasteiger partial charge in [-0.15, -0.1) is 0 Å². The molecule has 4 nitrogen and oxygen atoms in total. The predicted octanol–water partition coefficient (Wildman–Crippen LogP) is 3.68. The number of benzene rings is 2. The average Bonchev–Trinajstić information content (AvgIpc) is 2.74. The van der Waals surface area contributed by atoms with E-state index in [9.17, 15) is 14.5 Å². The Labute approximate surface area is 107 Å². The van der Waals surface area contributed by atoms with Gasteiger partial charge in [0.2, 0.25) is 0 Å². The Hall–Kier alpha value is -2.69. The first-order chi connectivity index (χ1) is 9.16. The fourth-order valence-corrected chi connectivity index (χ4v) is 2.11. The number of nitro groups is 1. The Morgan fingerprint density at radius 3 is 2.42 bits per heavy atom. The summed E-state index contributed by atoms with van der Waals surface area (Å²) in [5, 5.41) is 11.4. The lowest BCUT2D eigenvalue weighted by atomic mass is 10.2. The van der Waals surface area contributed by atoms with Crippen molar-refractivity contribution in [3.8, 4) is 5.69 Å². The van der Waals surface area contributed by atoms with E-state index in [-0.39, 0.29) is 5.69 Å². The maximum atomic E-state index is 14.0. The molecule has 0 aliphatic carbocycles. The van der Waals surface area contributed by atoms with Gasteiger partial charge in [0.15, 0.2) is 5.95 Å². The Morgan fingerprint density at radius 1 is 1.05 bits per heavy atom. The van der Waals surface area contributed by atoms with Gasteiger partial charge in [0.25, 0.3) is 5.69 Å². The number of non-ortho nitro benzene ring substituents is 1. The van der Waals surface area contributed by atoms with Gasteiger partial charge in [0.05, 0.1) is 10.4 Å². The second kappa shape index (κ2) is 4.20. The molecule has 1 aromatic heterocycles. The minimum atomic E-state index is -0.478. The summed E-state index contributed by atoms with van der Waals surface area (Å²) < 4.78 is 15.4. The van der Waals surface area contributed by atoms with Crippen molar-refractivity contribution in [3.63, 3.8) is 0 Å². The first kappa shape index (κ1) is 11.4. The van der Waals surface area contributed by atoms with Crippen LogP contribution in [0.15, 0.2) is 54.6 Å². The van der Waals surface area contributed by atoms with Crippen molar-refractivity contribution < 1.29 is 9.31 Å². The molecule has 0 saturated carbocycles. The Balaban J connectivity index is 2.18. The monoisotopic (exact) mass is 256 g/mol. The molecule has 0 spiro atoms. The number of aromatic nitrogens is 1. The number of hydrogen-bond acceptors (Lipinski definition) is 2. The smallest absolute Gasteiger partial charge is 0.269 e. The second-order valence-corrected chi connectivity index (χ2v) is 4.13. The van der Waals surface area contributed by atoms with Crippen molar-refractivity contribution in [2.24, 2.45) is 0 Å². The van der Waals surface area contributed by atoms with Gasteiger partial charge in [-0.05, 0) is 18.2 Å². The van der Waals surface area contributed by atoms with Gasteiger partial charge < -0.3 is 0 Å². The molecule has 1 heterocycles. The Kier molecular flexibility index (Phi) is 2.52.